The first-order chi connectivity index (χ1) is 29.7. The number of hydrogen-bond acceptors (Lipinski definition) is 5. The normalized spacial score (nSPS) is 11.3. The molecule has 8 aromatic carbocycles. The number of aromatic nitrogens is 7. The Kier molecular flexibility index (Phi) is 8.67. The Balaban J connectivity index is 1.10. The molecule has 11 aromatic rings. The van der Waals surface area contributed by atoms with E-state index < -0.39 is 0 Å². The average Bonchev–Trinajstić information content (AvgIpc) is 3.92. The predicted molar refractivity (Wildman–Crippen MR) is 242 cm³/mol. The first kappa shape index (κ1) is 34.9. The zero-order valence-electron chi connectivity index (χ0n) is 32.3. The molecule has 0 aliphatic carbocycles. The SMILES string of the molecule is c1ccc(-c2ccccc2-c2nc(-c3cccc(-c4nc5ccccc5n4-c4ccccc4)c3)nc(-c3cccc(-c4nc5ccccc5n4-c4ccccc4)c3)n2)cc1. The van der Waals surface area contributed by atoms with E-state index in [0.29, 0.717) is 17.5 Å². The molecule has 11 rings (SSSR count). The van der Waals surface area contributed by atoms with Gasteiger partial charge in [-0.25, -0.2) is 24.9 Å². The maximum atomic E-state index is 5.24. The van der Waals surface area contributed by atoms with Gasteiger partial charge < -0.3 is 0 Å². The highest BCUT2D eigenvalue weighted by Crippen LogP contribution is 2.36. The second kappa shape index (κ2) is 14.9. The van der Waals surface area contributed by atoms with Gasteiger partial charge in [-0.1, -0.05) is 152 Å². The monoisotopic (exact) mass is 769 g/mol. The highest BCUT2D eigenvalue weighted by Gasteiger charge is 2.20. The van der Waals surface area contributed by atoms with Gasteiger partial charge in [0.15, 0.2) is 17.5 Å². The number of nitrogens with zero attached hydrogens (tertiary/aromatic N) is 7. The molecular weight excluding hydrogens is 735 g/mol. The molecule has 7 heteroatoms. The molecule has 0 amide bonds. The molecule has 0 aliphatic rings. The van der Waals surface area contributed by atoms with Gasteiger partial charge in [0.25, 0.3) is 0 Å². The Morgan fingerprint density at radius 2 is 0.650 bits per heavy atom. The highest BCUT2D eigenvalue weighted by molar-refractivity contribution is 5.86. The summed E-state index contributed by atoms with van der Waals surface area (Å²) in [6.07, 6.45) is 0. The lowest BCUT2D eigenvalue weighted by Crippen LogP contribution is -2.02. The molecule has 282 valence electrons. The van der Waals surface area contributed by atoms with E-state index in [-0.39, 0.29) is 0 Å². The fraction of sp³-hybridized carbons (Fsp3) is 0. The lowest BCUT2D eigenvalue weighted by Gasteiger charge is -2.14. The zero-order valence-corrected chi connectivity index (χ0v) is 32.3. The van der Waals surface area contributed by atoms with E-state index in [0.717, 1.165) is 84.0 Å². The molecule has 0 spiro atoms. The van der Waals surface area contributed by atoms with Gasteiger partial charge in [-0.2, -0.15) is 0 Å². The van der Waals surface area contributed by atoms with Crippen LogP contribution in [-0.4, -0.2) is 34.1 Å². The first-order valence-corrected chi connectivity index (χ1v) is 19.9. The Morgan fingerprint density at radius 1 is 0.267 bits per heavy atom. The first-order valence-electron chi connectivity index (χ1n) is 19.9. The summed E-state index contributed by atoms with van der Waals surface area (Å²) in [6.45, 7) is 0. The lowest BCUT2D eigenvalue weighted by molar-refractivity contribution is 1.07. The number of hydrogen-bond donors (Lipinski definition) is 0. The van der Waals surface area contributed by atoms with Crippen LogP contribution in [0.5, 0.6) is 0 Å². The van der Waals surface area contributed by atoms with Crippen molar-refractivity contribution in [3.05, 3.63) is 212 Å². The number of fused-ring (bicyclic) bond motifs is 2. The smallest absolute Gasteiger partial charge is 0.164 e. The third-order valence-corrected chi connectivity index (χ3v) is 10.8. The van der Waals surface area contributed by atoms with E-state index in [2.05, 4.69) is 185 Å². The Hall–Kier alpha value is -8.29. The fourth-order valence-electron chi connectivity index (χ4n) is 8.01. The van der Waals surface area contributed by atoms with Crippen molar-refractivity contribution in [1.29, 1.82) is 0 Å². The van der Waals surface area contributed by atoms with E-state index in [1.54, 1.807) is 0 Å². The van der Waals surface area contributed by atoms with Crippen molar-refractivity contribution in [2.45, 2.75) is 0 Å². The average molecular weight is 770 g/mol. The fourth-order valence-corrected chi connectivity index (χ4v) is 8.01. The summed E-state index contributed by atoms with van der Waals surface area (Å²) in [7, 11) is 0. The molecule has 60 heavy (non-hydrogen) atoms. The number of benzene rings is 8. The maximum Gasteiger partial charge on any atom is 0.164 e. The van der Waals surface area contributed by atoms with Crippen LogP contribution >= 0.6 is 0 Å². The minimum Gasteiger partial charge on any atom is -0.292 e. The summed E-state index contributed by atoms with van der Waals surface area (Å²) >= 11 is 0. The zero-order chi connectivity index (χ0) is 39.8. The van der Waals surface area contributed by atoms with Gasteiger partial charge in [-0.15, -0.1) is 0 Å². The van der Waals surface area contributed by atoms with Crippen LogP contribution in [0.2, 0.25) is 0 Å². The predicted octanol–water partition coefficient (Wildman–Crippen LogP) is 12.6. The third kappa shape index (κ3) is 6.31. The van der Waals surface area contributed by atoms with Crippen LogP contribution in [0.25, 0.3) is 102 Å². The molecule has 0 N–H and O–H groups in total. The second-order valence-corrected chi connectivity index (χ2v) is 14.6. The van der Waals surface area contributed by atoms with Gasteiger partial charge in [0, 0.05) is 39.2 Å². The number of para-hydroxylation sites is 6. The van der Waals surface area contributed by atoms with Crippen LogP contribution in [0.1, 0.15) is 0 Å². The minimum absolute atomic E-state index is 0.559. The van der Waals surface area contributed by atoms with Gasteiger partial charge in [-0.05, 0) is 71.8 Å². The summed E-state index contributed by atoms with van der Waals surface area (Å²) in [4.78, 5) is 26.0. The van der Waals surface area contributed by atoms with Gasteiger partial charge in [-0.3, -0.25) is 9.13 Å². The van der Waals surface area contributed by atoms with Crippen LogP contribution in [-0.2, 0) is 0 Å². The van der Waals surface area contributed by atoms with Crippen molar-refractivity contribution < 1.29 is 0 Å². The Bertz CT molecular complexity index is 3140. The van der Waals surface area contributed by atoms with E-state index in [1.807, 2.05) is 36.4 Å². The molecule has 0 aliphatic heterocycles. The summed E-state index contributed by atoms with van der Waals surface area (Å²) in [6, 6.07) is 72.6. The Morgan fingerprint density at radius 3 is 1.17 bits per heavy atom. The molecule has 3 heterocycles. The molecule has 3 aromatic heterocycles. The molecule has 0 atom stereocenters. The largest absolute Gasteiger partial charge is 0.292 e. The molecule has 7 nitrogen and oxygen atoms in total. The topological polar surface area (TPSA) is 74.3 Å². The standard InChI is InChI=1S/C53H35N7/c1-4-18-36(19-5-1)43-28-10-11-29-44(43)51-57-49(37-20-16-22-39(34-37)52-54-45-30-12-14-32-47(45)59(52)41-24-6-2-7-25-41)56-50(58-51)38-21-17-23-40(35-38)53-55-46-31-13-15-33-48(46)60(53)42-26-8-3-9-27-42/h1-35H. The van der Waals surface area contributed by atoms with Crippen molar-refractivity contribution in [3.63, 3.8) is 0 Å². The van der Waals surface area contributed by atoms with Crippen LogP contribution in [0.15, 0.2) is 212 Å². The van der Waals surface area contributed by atoms with E-state index in [1.165, 1.54) is 0 Å². The van der Waals surface area contributed by atoms with Gasteiger partial charge >= 0.3 is 0 Å². The van der Waals surface area contributed by atoms with Crippen LogP contribution < -0.4 is 0 Å². The summed E-state index contributed by atoms with van der Waals surface area (Å²) in [5.41, 5.74) is 12.6. The summed E-state index contributed by atoms with van der Waals surface area (Å²) in [5.74, 6) is 3.37. The second-order valence-electron chi connectivity index (χ2n) is 14.6. The molecule has 0 saturated heterocycles. The van der Waals surface area contributed by atoms with Crippen molar-refractivity contribution in [1.82, 2.24) is 34.1 Å². The van der Waals surface area contributed by atoms with Crippen molar-refractivity contribution in [2.75, 3.05) is 0 Å². The molecule has 0 radical (unpaired) electrons. The molecule has 0 unspecified atom stereocenters. The number of rotatable bonds is 8. The quantitative estimate of drug-likeness (QED) is 0.154. The van der Waals surface area contributed by atoms with Crippen molar-refractivity contribution in [3.8, 4) is 79.4 Å². The van der Waals surface area contributed by atoms with Gasteiger partial charge in [0.05, 0.1) is 22.1 Å². The van der Waals surface area contributed by atoms with Crippen LogP contribution in [0.4, 0.5) is 0 Å². The van der Waals surface area contributed by atoms with E-state index in [9.17, 15) is 0 Å². The highest BCUT2D eigenvalue weighted by atomic mass is 15.1. The van der Waals surface area contributed by atoms with Gasteiger partial charge in [0.1, 0.15) is 11.6 Å². The summed E-state index contributed by atoms with van der Waals surface area (Å²) < 4.78 is 4.42. The third-order valence-electron chi connectivity index (χ3n) is 10.8. The lowest BCUT2D eigenvalue weighted by atomic mass is 9.99. The van der Waals surface area contributed by atoms with Crippen molar-refractivity contribution in [2.24, 2.45) is 0 Å². The van der Waals surface area contributed by atoms with E-state index >= 15 is 0 Å². The molecule has 0 bridgehead atoms. The number of imidazole rings is 2. The van der Waals surface area contributed by atoms with Crippen molar-refractivity contribution >= 4 is 22.1 Å². The molecule has 0 saturated carbocycles. The maximum absolute atomic E-state index is 5.24. The van der Waals surface area contributed by atoms with Gasteiger partial charge in [0.2, 0.25) is 0 Å². The summed E-state index contributed by atoms with van der Waals surface area (Å²) in [5, 5.41) is 0. The molecule has 0 fully saturated rings. The minimum atomic E-state index is 0.559. The Labute approximate surface area is 346 Å². The van der Waals surface area contributed by atoms with Crippen LogP contribution in [0.3, 0.4) is 0 Å². The van der Waals surface area contributed by atoms with Crippen LogP contribution in [0, 0.1) is 0 Å². The molecular formula is C53H35N7. The van der Waals surface area contributed by atoms with E-state index in [4.69, 9.17) is 24.9 Å².